The van der Waals surface area contributed by atoms with Crippen LogP contribution in [-0.4, -0.2) is 35.1 Å². The van der Waals surface area contributed by atoms with E-state index >= 15 is 0 Å². The van der Waals surface area contributed by atoms with Gasteiger partial charge in [0, 0.05) is 29.7 Å². The fourth-order valence-electron chi connectivity index (χ4n) is 2.34. The van der Waals surface area contributed by atoms with Gasteiger partial charge in [-0.05, 0) is 46.7 Å². The third-order valence-corrected chi connectivity index (χ3v) is 4.44. The van der Waals surface area contributed by atoms with Gasteiger partial charge in [-0.2, -0.15) is 0 Å². The monoisotopic (exact) mass is 253 g/mol. The normalized spacial score (nSPS) is 19.1. The number of hydrogen-bond donors (Lipinski definition) is 1. The Labute approximate surface area is 108 Å². The van der Waals surface area contributed by atoms with Gasteiger partial charge in [0.05, 0.1) is 0 Å². The standard InChI is InChI=1S/C13H23N3S/c1-10(2)16-6-4-12(5-7-16)14-8-13-15-11(3)9-17-13/h9-10,12,14H,4-8H2,1-3H3. The number of likely N-dealkylation sites (tertiary alicyclic amines) is 1. The Hall–Kier alpha value is -0.450. The molecule has 0 unspecified atom stereocenters. The molecular formula is C13H23N3S. The number of rotatable bonds is 4. The minimum atomic E-state index is 0.675. The molecule has 1 aliphatic rings. The molecule has 3 nitrogen and oxygen atoms in total. The van der Waals surface area contributed by atoms with E-state index in [1.54, 1.807) is 11.3 Å². The Bertz CT molecular complexity index is 340. The fourth-order valence-corrected chi connectivity index (χ4v) is 3.06. The van der Waals surface area contributed by atoms with Crippen LogP contribution in [0.5, 0.6) is 0 Å². The van der Waals surface area contributed by atoms with Crippen LogP contribution >= 0.6 is 11.3 Å². The summed E-state index contributed by atoms with van der Waals surface area (Å²) in [7, 11) is 0. The number of thiazole rings is 1. The van der Waals surface area contributed by atoms with E-state index < -0.39 is 0 Å². The van der Waals surface area contributed by atoms with Crippen LogP contribution < -0.4 is 5.32 Å². The molecule has 0 amide bonds. The summed E-state index contributed by atoms with van der Waals surface area (Å²) in [6.07, 6.45) is 2.53. The highest BCUT2D eigenvalue weighted by molar-refractivity contribution is 7.09. The smallest absolute Gasteiger partial charge is 0.107 e. The topological polar surface area (TPSA) is 28.2 Å². The van der Waals surface area contributed by atoms with Crippen LogP contribution in [0.15, 0.2) is 5.38 Å². The maximum absolute atomic E-state index is 4.48. The van der Waals surface area contributed by atoms with Gasteiger partial charge >= 0.3 is 0 Å². The van der Waals surface area contributed by atoms with Crippen molar-refractivity contribution in [1.29, 1.82) is 0 Å². The van der Waals surface area contributed by atoms with Gasteiger partial charge in [-0.15, -0.1) is 11.3 Å². The summed E-state index contributed by atoms with van der Waals surface area (Å²) in [6, 6.07) is 1.37. The fraction of sp³-hybridized carbons (Fsp3) is 0.769. The molecule has 1 aromatic heterocycles. The Morgan fingerprint density at radius 2 is 2.18 bits per heavy atom. The SMILES string of the molecule is Cc1csc(CNC2CCN(C(C)C)CC2)n1. The lowest BCUT2D eigenvalue weighted by Crippen LogP contribution is -2.44. The lowest BCUT2D eigenvalue weighted by atomic mass is 10.0. The second-order valence-corrected chi connectivity index (χ2v) is 6.11. The van der Waals surface area contributed by atoms with E-state index in [1.807, 2.05) is 0 Å². The highest BCUT2D eigenvalue weighted by atomic mass is 32.1. The zero-order valence-electron chi connectivity index (χ0n) is 11.1. The van der Waals surface area contributed by atoms with Gasteiger partial charge < -0.3 is 10.2 Å². The van der Waals surface area contributed by atoms with Crippen molar-refractivity contribution in [1.82, 2.24) is 15.2 Å². The quantitative estimate of drug-likeness (QED) is 0.893. The molecule has 0 radical (unpaired) electrons. The number of hydrogen-bond acceptors (Lipinski definition) is 4. The van der Waals surface area contributed by atoms with E-state index in [0.717, 1.165) is 12.2 Å². The second-order valence-electron chi connectivity index (χ2n) is 5.17. The van der Waals surface area contributed by atoms with Crippen LogP contribution in [0.3, 0.4) is 0 Å². The number of nitrogens with zero attached hydrogens (tertiary/aromatic N) is 2. The first kappa shape index (κ1) is 13.0. The predicted octanol–water partition coefficient (Wildman–Crippen LogP) is 2.41. The average molecular weight is 253 g/mol. The van der Waals surface area contributed by atoms with E-state index in [4.69, 9.17) is 0 Å². The highest BCUT2D eigenvalue weighted by Gasteiger charge is 2.20. The summed E-state index contributed by atoms with van der Waals surface area (Å²) in [6.45, 7) is 10.0. The van der Waals surface area contributed by atoms with Gasteiger partial charge in [-0.1, -0.05) is 0 Å². The molecule has 0 aliphatic carbocycles. The van der Waals surface area contributed by atoms with E-state index in [2.05, 4.69) is 41.4 Å². The second kappa shape index (κ2) is 5.94. The van der Waals surface area contributed by atoms with Crippen molar-refractivity contribution in [2.24, 2.45) is 0 Å². The molecule has 2 rings (SSSR count). The molecule has 0 atom stereocenters. The van der Waals surface area contributed by atoms with Crippen molar-refractivity contribution in [2.75, 3.05) is 13.1 Å². The zero-order valence-corrected chi connectivity index (χ0v) is 11.9. The first-order chi connectivity index (χ1) is 8.15. The Morgan fingerprint density at radius 1 is 1.47 bits per heavy atom. The molecule has 1 aromatic rings. The van der Waals surface area contributed by atoms with Gasteiger partial charge in [-0.3, -0.25) is 0 Å². The van der Waals surface area contributed by atoms with Crippen LogP contribution in [0.4, 0.5) is 0 Å². The van der Waals surface area contributed by atoms with Crippen molar-refractivity contribution in [3.8, 4) is 0 Å². The molecule has 4 heteroatoms. The van der Waals surface area contributed by atoms with Gasteiger partial charge in [-0.25, -0.2) is 4.98 Å². The maximum Gasteiger partial charge on any atom is 0.107 e. The summed E-state index contributed by atoms with van der Waals surface area (Å²) >= 11 is 1.76. The van der Waals surface area contributed by atoms with Gasteiger partial charge in [0.25, 0.3) is 0 Å². The summed E-state index contributed by atoms with van der Waals surface area (Å²) in [5, 5.41) is 6.97. The van der Waals surface area contributed by atoms with Crippen molar-refractivity contribution >= 4 is 11.3 Å². The Morgan fingerprint density at radius 3 is 2.71 bits per heavy atom. The number of nitrogens with one attached hydrogen (secondary N) is 1. The van der Waals surface area contributed by atoms with E-state index in [0.29, 0.717) is 12.1 Å². The molecule has 1 N–H and O–H groups in total. The van der Waals surface area contributed by atoms with Gasteiger partial charge in [0.1, 0.15) is 5.01 Å². The molecule has 96 valence electrons. The lowest BCUT2D eigenvalue weighted by molar-refractivity contribution is 0.161. The maximum atomic E-state index is 4.48. The molecule has 0 aromatic carbocycles. The Kier molecular flexibility index (Phi) is 4.54. The molecule has 0 spiro atoms. The van der Waals surface area contributed by atoms with Crippen molar-refractivity contribution in [3.63, 3.8) is 0 Å². The third kappa shape index (κ3) is 3.76. The zero-order chi connectivity index (χ0) is 12.3. The van der Waals surface area contributed by atoms with E-state index in [1.165, 1.54) is 30.9 Å². The first-order valence-electron chi connectivity index (χ1n) is 6.53. The number of aromatic nitrogens is 1. The Balaban J connectivity index is 1.71. The van der Waals surface area contributed by atoms with Crippen LogP contribution in [0.1, 0.15) is 37.4 Å². The van der Waals surface area contributed by atoms with Gasteiger partial charge in [0.15, 0.2) is 0 Å². The average Bonchev–Trinajstić information content (AvgIpc) is 2.73. The first-order valence-corrected chi connectivity index (χ1v) is 7.41. The molecule has 0 bridgehead atoms. The summed E-state index contributed by atoms with van der Waals surface area (Å²) < 4.78 is 0. The lowest BCUT2D eigenvalue weighted by Gasteiger charge is -2.34. The minimum Gasteiger partial charge on any atom is -0.308 e. The van der Waals surface area contributed by atoms with Crippen LogP contribution in [0.25, 0.3) is 0 Å². The highest BCUT2D eigenvalue weighted by Crippen LogP contribution is 2.14. The number of aryl methyl sites for hydroxylation is 1. The molecule has 17 heavy (non-hydrogen) atoms. The summed E-state index contributed by atoms with van der Waals surface area (Å²) in [5.74, 6) is 0. The van der Waals surface area contributed by atoms with Crippen LogP contribution in [0.2, 0.25) is 0 Å². The minimum absolute atomic E-state index is 0.675. The summed E-state index contributed by atoms with van der Waals surface area (Å²) in [4.78, 5) is 7.05. The molecule has 1 aliphatic heterocycles. The molecular weight excluding hydrogens is 230 g/mol. The predicted molar refractivity (Wildman–Crippen MR) is 73.4 cm³/mol. The van der Waals surface area contributed by atoms with Crippen molar-refractivity contribution in [2.45, 2.75) is 52.2 Å². The molecule has 2 heterocycles. The van der Waals surface area contributed by atoms with Crippen LogP contribution in [0, 0.1) is 6.92 Å². The third-order valence-electron chi connectivity index (χ3n) is 3.47. The van der Waals surface area contributed by atoms with Crippen molar-refractivity contribution in [3.05, 3.63) is 16.1 Å². The van der Waals surface area contributed by atoms with Gasteiger partial charge in [0.2, 0.25) is 0 Å². The van der Waals surface area contributed by atoms with Crippen molar-refractivity contribution < 1.29 is 0 Å². The van der Waals surface area contributed by atoms with E-state index in [9.17, 15) is 0 Å². The number of piperidine rings is 1. The molecule has 0 saturated carbocycles. The largest absolute Gasteiger partial charge is 0.308 e. The molecule has 1 fully saturated rings. The van der Waals surface area contributed by atoms with Crippen LogP contribution in [-0.2, 0) is 6.54 Å². The van der Waals surface area contributed by atoms with E-state index in [-0.39, 0.29) is 0 Å². The summed E-state index contributed by atoms with van der Waals surface area (Å²) in [5.41, 5.74) is 1.14. The molecule has 1 saturated heterocycles.